The molecule has 2 saturated carbocycles. The lowest BCUT2D eigenvalue weighted by molar-refractivity contribution is -0.279. The predicted octanol–water partition coefficient (Wildman–Crippen LogP) is 2.72. The average Bonchev–Trinajstić information content (AvgIpc) is 3.02. The molecule has 3 unspecified atom stereocenters. The molecule has 7 heteroatoms. The van der Waals surface area contributed by atoms with E-state index in [2.05, 4.69) is 0 Å². The van der Waals surface area contributed by atoms with Crippen LogP contribution >= 0.6 is 0 Å². The van der Waals surface area contributed by atoms with Crippen LogP contribution in [0.2, 0.25) is 0 Å². The van der Waals surface area contributed by atoms with Crippen molar-refractivity contribution < 1.29 is 34.4 Å². The Bertz CT molecular complexity index is 1130. The van der Waals surface area contributed by atoms with Gasteiger partial charge in [-0.1, -0.05) is 18.6 Å². The van der Waals surface area contributed by atoms with Gasteiger partial charge in [0, 0.05) is 23.0 Å². The van der Waals surface area contributed by atoms with E-state index in [-0.39, 0.29) is 36.2 Å². The molecule has 0 spiro atoms. The highest BCUT2D eigenvalue weighted by molar-refractivity contribution is 6.18. The first-order chi connectivity index (χ1) is 16.1. The quantitative estimate of drug-likeness (QED) is 0.515. The molecule has 8 atom stereocenters. The van der Waals surface area contributed by atoms with Gasteiger partial charge >= 0.3 is 5.97 Å². The van der Waals surface area contributed by atoms with Crippen LogP contribution in [0.25, 0.3) is 0 Å². The summed E-state index contributed by atoms with van der Waals surface area (Å²) < 4.78 is 5.60. The van der Waals surface area contributed by atoms with Crippen LogP contribution in [0, 0.1) is 22.7 Å². The fourth-order valence-corrected chi connectivity index (χ4v) is 8.33. The van der Waals surface area contributed by atoms with Crippen molar-refractivity contribution >= 4 is 17.5 Å². The van der Waals surface area contributed by atoms with E-state index in [1.807, 2.05) is 20.8 Å². The van der Waals surface area contributed by atoms with Crippen molar-refractivity contribution in [1.82, 2.24) is 0 Å². The highest BCUT2D eigenvalue weighted by Gasteiger charge is 2.76. The minimum Gasteiger partial charge on any atom is -0.455 e. The molecule has 0 aromatic rings. The molecule has 0 aromatic heterocycles. The summed E-state index contributed by atoms with van der Waals surface area (Å²) in [5.41, 5.74) is -5.20. The Kier molecular flexibility index (Phi) is 5.09. The summed E-state index contributed by atoms with van der Waals surface area (Å²) in [6, 6.07) is 0. The van der Waals surface area contributed by atoms with Crippen molar-refractivity contribution in [3.63, 3.8) is 0 Å². The minimum absolute atomic E-state index is 0.128. The lowest BCUT2D eigenvalue weighted by Crippen LogP contribution is -2.72. The summed E-state index contributed by atoms with van der Waals surface area (Å²) in [5.74, 6) is -1.40. The molecule has 0 radical (unpaired) electrons. The van der Waals surface area contributed by atoms with E-state index in [0.29, 0.717) is 36.8 Å². The van der Waals surface area contributed by atoms with Crippen LogP contribution in [-0.4, -0.2) is 55.8 Å². The summed E-state index contributed by atoms with van der Waals surface area (Å²) in [4.78, 5) is 38.2. The van der Waals surface area contributed by atoms with Gasteiger partial charge in [0.15, 0.2) is 11.6 Å². The van der Waals surface area contributed by atoms with E-state index in [1.54, 1.807) is 13.0 Å². The molecule has 7 nitrogen and oxygen atoms in total. The van der Waals surface area contributed by atoms with Crippen LogP contribution in [0.1, 0.15) is 73.1 Å². The molecule has 190 valence electrons. The number of ether oxygens (including phenoxy) is 1. The predicted molar refractivity (Wildman–Crippen MR) is 127 cm³/mol. The first kappa shape index (κ1) is 24.6. The van der Waals surface area contributed by atoms with Crippen LogP contribution in [0.15, 0.2) is 34.9 Å². The van der Waals surface area contributed by atoms with Gasteiger partial charge < -0.3 is 20.1 Å². The smallest absolute Gasteiger partial charge is 0.334 e. The molecular weight excluding hydrogens is 448 g/mol. The number of hydrogen-bond acceptors (Lipinski definition) is 7. The topological polar surface area (TPSA) is 121 Å². The number of carbonyl (C=O) groups excluding carboxylic acids is 3. The SMILES string of the molecule is CC1=C(C)C(=O)OC([C@](C)(O)[C@]2(O)CC[C@@]3(O)C4CC=C5C(=O)C=CC(=O)[C@]5(C)C4CC[C@]23C)C1. The van der Waals surface area contributed by atoms with E-state index >= 15 is 0 Å². The van der Waals surface area contributed by atoms with E-state index in [4.69, 9.17) is 4.74 Å². The lowest BCUT2D eigenvalue weighted by Gasteiger charge is -2.62. The van der Waals surface area contributed by atoms with Crippen molar-refractivity contribution in [2.24, 2.45) is 22.7 Å². The number of aliphatic hydroxyl groups is 3. The number of esters is 1. The molecule has 5 aliphatic rings. The number of cyclic esters (lactones) is 1. The largest absolute Gasteiger partial charge is 0.455 e. The molecule has 0 bridgehead atoms. The minimum atomic E-state index is -1.81. The van der Waals surface area contributed by atoms with Gasteiger partial charge in [0.1, 0.15) is 17.3 Å². The molecule has 0 aromatic carbocycles. The molecular formula is C28H36O7. The van der Waals surface area contributed by atoms with Crippen molar-refractivity contribution in [2.45, 2.75) is 96.1 Å². The number of rotatable bonds is 2. The maximum absolute atomic E-state index is 13.1. The Morgan fingerprint density at radius 2 is 1.71 bits per heavy atom. The van der Waals surface area contributed by atoms with E-state index in [1.165, 1.54) is 19.1 Å². The Hall–Kier alpha value is -2.09. The summed E-state index contributed by atoms with van der Waals surface area (Å²) >= 11 is 0. The van der Waals surface area contributed by atoms with Crippen molar-refractivity contribution in [1.29, 1.82) is 0 Å². The first-order valence-electron chi connectivity index (χ1n) is 12.7. The van der Waals surface area contributed by atoms with Gasteiger partial charge in [-0.05, 0) is 83.8 Å². The molecule has 0 amide bonds. The normalized spacial score (nSPS) is 46.9. The highest BCUT2D eigenvalue weighted by atomic mass is 16.6. The van der Waals surface area contributed by atoms with Gasteiger partial charge in [0.2, 0.25) is 0 Å². The van der Waals surface area contributed by atoms with Gasteiger partial charge in [0.25, 0.3) is 0 Å². The number of ketones is 2. The zero-order valence-electron chi connectivity index (χ0n) is 21.2. The molecule has 3 N–H and O–H groups in total. The monoisotopic (exact) mass is 484 g/mol. The molecule has 0 saturated heterocycles. The second-order valence-electron chi connectivity index (χ2n) is 12.1. The number of allylic oxidation sites excluding steroid dienone is 4. The standard InChI is InChI=1S/C28H36O7/c1-15-14-22(35-23(31)16(15)2)26(5,32)28(34)13-12-27(33)18-6-7-19-20(29)8-9-21(30)25(19,4)17(18)10-11-24(27,28)3/h7-9,17-18,22,32-34H,6,10-14H2,1-5H3/t17?,18?,22?,24-,25+,26-,27+,28-/m0/s1. The van der Waals surface area contributed by atoms with Crippen molar-refractivity contribution in [3.8, 4) is 0 Å². The Morgan fingerprint density at radius 3 is 2.37 bits per heavy atom. The van der Waals surface area contributed by atoms with Gasteiger partial charge in [-0.2, -0.15) is 0 Å². The van der Waals surface area contributed by atoms with Crippen LogP contribution < -0.4 is 0 Å². The summed E-state index contributed by atoms with van der Waals surface area (Å²) in [6.07, 6.45) is 5.51. The van der Waals surface area contributed by atoms with Crippen LogP contribution in [-0.2, 0) is 19.1 Å². The van der Waals surface area contributed by atoms with Crippen molar-refractivity contribution in [2.75, 3.05) is 0 Å². The summed E-state index contributed by atoms with van der Waals surface area (Å²) in [7, 11) is 0. The zero-order chi connectivity index (χ0) is 25.8. The van der Waals surface area contributed by atoms with E-state index in [9.17, 15) is 29.7 Å². The number of carbonyl (C=O) groups is 3. The third-order valence-electron chi connectivity index (χ3n) is 11.0. The molecule has 35 heavy (non-hydrogen) atoms. The maximum atomic E-state index is 13.1. The van der Waals surface area contributed by atoms with Crippen molar-refractivity contribution in [3.05, 3.63) is 34.9 Å². The first-order valence-corrected chi connectivity index (χ1v) is 12.7. The summed E-state index contributed by atoms with van der Waals surface area (Å²) in [5, 5.41) is 36.4. The molecule has 1 aliphatic heterocycles. The molecule has 2 fully saturated rings. The Morgan fingerprint density at radius 1 is 1.03 bits per heavy atom. The van der Waals surface area contributed by atoms with Gasteiger partial charge in [-0.3, -0.25) is 9.59 Å². The van der Waals surface area contributed by atoms with E-state index in [0.717, 1.165) is 5.57 Å². The van der Waals surface area contributed by atoms with Gasteiger partial charge in [-0.25, -0.2) is 4.79 Å². The second-order valence-corrected chi connectivity index (χ2v) is 12.1. The van der Waals surface area contributed by atoms with Crippen LogP contribution in [0.3, 0.4) is 0 Å². The summed E-state index contributed by atoms with van der Waals surface area (Å²) in [6.45, 7) is 8.65. The van der Waals surface area contributed by atoms with Gasteiger partial charge in [-0.15, -0.1) is 0 Å². The maximum Gasteiger partial charge on any atom is 0.334 e. The Balaban J connectivity index is 1.55. The zero-order valence-corrected chi connectivity index (χ0v) is 21.2. The molecule has 4 aliphatic carbocycles. The fourth-order valence-electron chi connectivity index (χ4n) is 8.33. The average molecular weight is 485 g/mol. The fraction of sp³-hybridized carbons (Fsp3) is 0.679. The molecule has 1 heterocycles. The Labute approximate surface area is 205 Å². The highest BCUT2D eigenvalue weighted by Crippen LogP contribution is 2.70. The lowest BCUT2D eigenvalue weighted by atomic mass is 9.44. The third-order valence-corrected chi connectivity index (χ3v) is 11.0. The number of hydrogen-bond donors (Lipinski definition) is 3. The van der Waals surface area contributed by atoms with Crippen LogP contribution in [0.5, 0.6) is 0 Å². The third kappa shape index (κ3) is 2.75. The molecule has 5 rings (SSSR count). The number of fused-ring (bicyclic) bond motifs is 5. The van der Waals surface area contributed by atoms with Crippen LogP contribution in [0.4, 0.5) is 0 Å². The second kappa shape index (κ2) is 7.24. The van der Waals surface area contributed by atoms with Gasteiger partial charge in [0.05, 0.1) is 11.0 Å². The van der Waals surface area contributed by atoms with E-state index < -0.39 is 39.7 Å².